The van der Waals surface area contributed by atoms with Gasteiger partial charge in [0, 0.05) is 30.8 Å². The summed E-state index contributed by atoms with van der Waals surface area (Å²) in [7, 11) is 3.22. The zero-order valence-electron chi connectivity index (χ0n) is 20.0. The van der Waals surface area contributed by atoms with Crippen LogP contribution in [0.2, 0.25) is 0 Å². The minimum absolute atomic E-state index is 0.0164. The van der Waals surface area contributed by atoms with Gasteiger partial charge in [-0.1, -0.05) is 31.5 Å². The second-order valence-corrected chi connectivity index (χ2v) is 7.97. The van der Waals surface area contributed by atoms with E-state index in [1.54, 1.807) is 14.2 Å². The van der Waals surface area contributed by atoms with Crippen LogP contribution in [0.15, 0.2) is 36.4 Å². The van der Waals surface area contributed by atoms with E-state index in [4.69, 9.17) is 15.2 Å². The van der Waals surface area contributed by atoms with Crippen molar-refractivity contribution >= 4 is 17.5 Å². The lowest BCUT2D eigenvalue weighted by molar-refractivity contribution is -0.121. The first-order valence-electron chi connectivity index (χ1n) is 11.6. The molecule has 0 atom stereocenters. The molecule has 2 aromatic rings. The van der Waals surface area contributed by atoms with Gasteiger partial charge in [-0.2, -0.15) is 0 Å². The second-order valence-electron chi connectivity index (χ2n) is 7.97. The smallest absolute Gasteiger partial charge is 0.224 e. The number of rotatable bonds is 14. The van der Waals surface area contributed by atoms with Crippen LogP contribution in [0.3, 0.4) is 0 Å². The fourth-order valence-corrected chi connectivity index (χ4v) is 3.75. The highest BCUT2D eigenvalue weighted by atomic mass is 16.5. The lowest BCUT2D eigenvalue weighted by Gasteiger charge is -2.16. The molecule has 0 aliphatic rings. The molecule has 2 amide bonds. The lowest BCUT2D eigenvalue weighted by Crippen LogP contribution is -2.27. The molecule has 0 aliphatic heterocycles. The van der Waals surface area contributed by atoms with Crippen molar-refractivity contribution in [3.63, 3.8) is 0 Å². The van der Waals surface area contributed by atoms with Gasteiger partial charge in [-0.3, -0.25) is 9.59 Å². The second kappa shape index (κ2) is 14.0. The van der Waals surface area contributed by atoms with Crippen molar-refractivity contribution in [3.05, 3.63) is 53.1 Å². The largest absolute Gasteiger partial charge is 0.493 e. The molecule has 0 fully saturated rings. The van der Waals surface area contributed by atoms with Crippen molar-refractivity contribution in [2.75, 3.05) is 33.0 Å². The molecule has 7 heteroatoms. The highest BCUT2D eigenvalue weighted by molar-refractivity contribution is 5.79. The molecular formula is C26H37N3O4. The average molecular weight is 456 g/mol. The number of amides is 2. The van der Waals surface area contributed by atoms with Crippen molar-refractivity contribution in [2.45, 2.75) is 51.9 Å². The molecule has 0 spiro atoms. The fourth-order valence-electron chi connectivity index (χ4n) is 3.75. The molecule has 7 nitrogen and oxygen atoms in total. The first kappa shape index (κ1) is 26.0. The summed E-state index contributed by atoms with van der Waals surface area (Å²) < 4.78 is 10.8. The predicted molar refractivity (Wildman–Crippen MR) is 132 cm³/mol. The summed E-state index contributed by atoms with van der Waals surface area (Å²) >= 11 is 0. The topological polar surface area (TPSA) is 103 Å². The Kier molecular flexibility index (Phi) is 11.1. The Bertz CT molecular complexity index is 897. The molecular weight excluding hydrogens is 418 g/mol. The van der Waals surface area contributed by atoms with E-state index in [1.165, 1.54) is 0 Å². The molecule has 0 aliphatic carbocycles. The summed E-state index contributed by atoms with van der Waals surface area (Å²) in [6, 6.07) is 11.4. The number of benzene rings is 2. The number of hydrogen-bond acceptors (Lipinski definition) is 5. The van der Waals surface area contributed by atoms with Crippen LogP contribution < -0.4 is 25.8 Å². The number of hydrogen-bond donors (Lipinski definition) is 3. The Morgan fingerprint density at radius 2 is 1.61 bits per heavy atom. The third-order valence-electron chi connectivity index (χ3n) is 5.57. The SMILES string of the molecule is CCc1c(CC(=O)NCCCCCC(=O)NCCc2ccc(N)cc2)ccc(OC)c1OC. The Balaban J connectivity index is 1.60. The number of unbranched alkanes of at least 4 members (excludes halogenated alkanes) is 2. The van der Waals surface area contributed by atoms with E-state index >= 15 is 0 Å². The van der Waals surface area contributed by atoms with E-state index in [1.807, 2.05) is 43.3 Å². The summed E-state index contributed by atoms with van der Waals surface area (Å²) in [5.74, 6) is 1.41. The fraction of sp³-hybridized carbons (Fsp3) is 0.462. The van der Waals surface area contributed by atoms with Crippen LogP contribution in [0.4, 0.5) is 5.69 Å². The summed E-state index contributed by atoms with van der Waals surface area (Å²) in [6.45, 7) is 3.26. The zero-order valence-corrected chi connectivity index (χ0v) is 20.0. The number of nitrogen functional groups attached to an aromatic ring is 1. The number of methoxy groups -OCH3 is 2. The molecule has 0 heterocycles. The molecule has 0 radical (unpaired) electrons. The molecule has 0 saturated carbocycles. The predicted octanol–water partition coefficient (Wildman–Crippen LogP) is 3.43. The van der Waals surface area contributed by atoms with Gasteiger partial charge in [-0.15, -0.1) is 0 Å². The van der Waals surface area contributed by atoms with Crippen LogP contribution in [-0.4, -0.2) is 39.1 Å². The van der Waals surface area contributed by atoms with E-state index < -0.39 is 0 Å². The highest BCUT2D eigenvalue weighted by Gasteiger charge is 2.15. The van der Waals surface area contributed by atoms with Gasteiger partial charge in [0.15, 0.2) is 11.5 Å². The van der Waals surface area contributed by atoms with Crippen molar-refractivity contribution in [1.29, 1.82) is 0 Å². The maximum absolute atomic E-state index is 12.4. The van der Waals surface area contributed by atoms with Crippen LogP contribution in [0.25, 0.3) is 0 Å². The van der Waals surface area contributed by atoms with Crippen LogP contribution in [0, 0.1) is 0 Å². The third-order valence-corrected chi connectivity index (χ3v) is 5.57. The monoisotopic (exact) mass is 455 g/mol. The number of nitrogens with one attached hydrogen (secondary N) is 2. The highest BCUT2D eigenvalue weighted by Crippen LogP contribution is 2.34. The van der Waals surface area contributed by atoms with Gasteiger partial charge in [0.1, 0.15) is 0 Å². The maximum atomic E-state index is 12.4. The first-order chi connectivity index (χ1) is 16.0. The number of carbonyl (C=O) groups excluding carboxylic acids is 2. The number of nitrogens with two attached hydrogens (primary N) is 1. The first-order valence-corrected chi connectivity index (χ1v) is 11.6. The molecule has 180 valence electrons. The number of ether oxygens (including phenoxy) is 2. The summed E-state index contributed by atoms with van der Waals surface area (Å²) in [4.78, 5) is 24.3. The van der Waals surface area contributed by atoms with Crippen LogP contribution in [0.1, 0.15) is 49.3 Å². The van der Waals surface area contributed by atoms with Gasteiger partial charge in [0.2, 0.25) is 11.8 Å². The Hall–Kier alpha value is -3.22. The molecule has 2 aromatic carbocycles. The van der Waals surface area contributed by atoms with Gasteiger partial charge in [0.05, 0.1) is 20.6 Å². The van der Waals surface area contributed by atoms with E-state index in [2.05, 4.69) is 10.6 Å². The van der Waals surface area contributed by atoms with Gasteiger partial charge < -0.3 is 25.8 Å². The van der Waals surface area contributed by atoms with E-state index in [9.17, 15) is 9.59 Å². The van der Waals surface area contributed by atoms with Crippen molar-refractivity contribution < 1.29 is 19.1 Å². The lowest BCUT2D eigenvalue weighted by atomic mass is 10.00. The quantitative estimate of drug-likeness (QED) is 0.299. The van der Waals surface area contributed by atoms with E-state index in [0.29, 0.717) is 37.4 Å². The minimum atomic E-state index is -0.0164. The van der Waals surface area contributed by atoms with Crippen molar-refractivity contribution in [1.82, 2.24) is 10.6 Å². The summed E-state index contributed by atoms with van der Waals surface area (Å²) in [5, 5.41) is 5.92. The minimum Gasteiger partial charge on any atom is -0.493 e. The Morgan fingerprint density at radius 1 is 0.879 bits per heavy atom. The number of carbonyl (C=O) groups is 2. The van der Waals surface area contributed by atoms with E-state index in [-0.39, 0.29) is 11.8 Å². The van der Waals surface area contributed by atoms with Crippen LogP contribution >= 0.6 is 0 Å². The normalized spacial score (nSPS) is 10.5. The van der Waals surface area contributed by atoms with Gasteiger partial charge in [-0.05, 0) is 55.0 Å². The average Bonchev–Trinajstić information content (AvgIpc) is 2.82. The van der Waals surface area contributed by atoms with Gasteiger partial charge in [-0.25, -0.2) is 0 Å². The van der Waals surface area contributed by atoms with E-state index in [0.717, 1.165) is 54.5 Å². The van der Waals surface area contributed by atoms with Crippen molar-refractivity contribution in [2.24, 2.45) is 0 Å². The molecule has 33 heavy (non-hydrogen) atoms. The zero-order chi connectivity index (χ0) is 24.1. The standard InChI is InChI=1S/C26H37N3O4/c1-4-22-20(11-14-23(32-2)26(22)33-3)18-25(31)28-16-7-5-6-8-24(30)29-17-15-19-9-12-21(27)13-10-19/h9-14H,4-8,15-18,27H2,1-3H3,(H,28,31)(H,29,30). The summed E-state index contributed by atoms with van der Waals surface area (Å²) in [5.41, 5.74) is 9.51. The third kappa shape index (κ3) is 8.67. The molecule has 0 saturated heterocycles. The van der Waals surface area contributed by atoms with Crippen molar-refractivity contribution in [3.8, 4) is 11.5 Å². The molecule has 0 bridgehead atoms. The van der Waals surface area contributed by atoms with Crippen LogP contribution in [0.5, 0.6) is 11.5 Å². The van der Waals surface area contributed by atoms with Gasteiger partial charge in [0.25, 0.3) is 0 Å². The molecule has 0 aromatic heterocycles. The Morgan fingerprint density at radius 3 is 2.27 bits per heavy atom. The molecule has 4 N–H and O–H groups in total. The molecule has 2 rings (SSSR count). The van der Waals surface area contributed by atoms with Crippen LogP contribution in [-0.2, 0) is 28.9 Å². The maximum Gasteiger partial charge on any atom is 0.224 e. The molecule has 0 unspecified atom stereocenters. The van der Waals surface area contributed by atoms with Gasteiger partial charge >= 0.3 is 0 Å². The number of anilines is 1. The Labute approximate surface area is 197 Å². The summed E-state index contributed by atoms with van der Waals surface area (Å²) in [6.07, 6.45) is 4.89.